The fourth-order valence-corrected chi connectivity index (χ4v) is 6.49. The minimum Gasteiger partial charge on any atom is -0.507 e. The number of anilines is 1. The van der Waals surface area contributed by atoms with Crippen LogP contribution in [0.1, 0.15) is 43.1 Å². The van der Waals surface area contributed by atoms with E-state index in [9.17, 15) is 19.8 Å². The van der Waals surface area contributed by atoms with Crippen molar-refractivity contribution in [2.75, 3.05) is 4.90 Å². The van der Waals surface area contributed by atoms with Crippen molar-refractivity contribution in [2.24, 2.45) is 0 Å². The van der Waals surface area contributed by atoms with E-state index in [1.165, 1.54) is 27.6 Å². The molecule has 1 aliphatic rings. The van der Waals surface area contributed by atoms with Crippen LogP contribution in [0.25, 0.3) is 10.2 Å². The topological polar surface area (TPSA) is 104 Å². The van der Waals surface area contributed by atoms with Gasteiger partial charge in [0, 0.05) is 5.02 Å². The molecule has 0 saturated heterocycles. The van der Waals surface area contributed by atoms with E-state index in [2.05, 4.69) is 9.97 Å². The molecule has 2 aromatic heterocycles. The monoisotopic (exact) mass is 525 g/mol. The molecule has 0 radical (unpaired) electrons. The number of aromatic nitrogens is 2. The maximum Gasteiger partial charge on any atom is 0.296 e. The van der Waals surface area contributed by atoms with Crippen LogP contribution in [0.15, 0.2) is 41.7 Å². The lowest BCUT2D eigenvalue weighted by atomic mass is 9.92. The van der Waals surface area contributed by atoms with Gasteiger partial charge in [0.15, 0.2) is 10.9 Å². The number of aryl methyl sites for hydroxylation is 4. The molecular weight excluding hydrogens is 506 g/mol. The quantitative estimate of drug-likeness (QED) is 0.311. The van der Waals surface area contributed by atoms with Crippen molar-refractivity contribution in [3.05, 3.63) is 79.0 Å². The number of aromatic hydroxyl groups is 1. The van der Waals surface area contributed by atoms with Crippen LogP contribution in [0.2, 0.25) is 5.02 Å². The van der Waals surface area contributed by atoms with Gasteiger partial charge in [-0.1, -0.05) is 22.9 Å². The van der Waals surface area contributed by atoms with Gasteiger partial charge in [0.25, 0.3) is 5.91 Å². The molecule has 10 heteroatoms. The first-order valence-electron chi connectivity index (χ1n) is 10.7. The lowest BCUT2D eigenvalue weighted by Gasteiger charge is -2.25. The first kappa shape index (κ1) is 23.5. The second-order valence-electron chi connectivity index (χ2n) is 8.43. The Kier molecular flexibility index (Phi) is 5.66. The number of hydrogen-bond donors (Lipinski definition) is 2. The minimum atomic E-state index is -0.939. The molecule has 3 heterocycles. The van der Waals surface area contributed by atoms with Crippen molar-refractivity contribution in [1.29, 1.82) is 0 Å². The number of thiazole rings is 2. The largest absolute Gasteiger partial charge is 0.507 e. The maximum absolute atomic E-state index is 13.7. The van der Waals surface area contributed by atoms with Crippen LogP contribution >= 0.6 is 34.3 Å². The highest BCUT2D eigenvalue weighted by Gasteiger charge is 2.46. The van der Waals surface area contributed by atoms with E-state index in [0.29, 0.717) is 47.9 Å². The molecule has 0 aliphatic carbocycles. The average molecular weight is 526 g/mol. The number of aliphatic hydroxyl groups excluding tert-OH is 1. The van der Waals surface area contributed by atoms with E-state index < -0.39 is 23.5 Å². The number of hydrogen-bond acceptors (Lipinski definition) is 8. The standard InChI is InChI=1S/C25H20ClN3O4S2/c1-10-7-14(8-11(2)20(10)30)19-18(21(31)23-12(3)27-13(4)34-23)22(32)24(33)29(19)25-28-16-6-5-15(26)9-17(16)35-25/h5-9,19,30,32H,1-4H3. The van der Waals surface area contributed by atoms with E-state index in [4.69, 9.17) is 11.6 Å². The number of nitrogens with zero attached hydrogens (tertiary/aromatic N) is 3. The number of aliphatic hydroxyl groups is 1. The second-order valence-corrected chi connectivity index (χ2v) is 11.1. The molecule has 4 aromatic rings. The van der Waals surface area contributed by atoms with E-state index in [1.807, 2.05) is 0 Å². The highest BCUT2D eigenvalue weighted by atomic mass is 35.5. The molecule has 7 nitrogen and oxygen atoms in total. The Hall–Kier alpha value is -3.27. The van der Waals surface area contributed by atoms with Crippen molar-refractivity contribution in [1.82, 2.24) is 9.97 Å². The van der Waals surface area contributed by atoms with Gasteiger partial charge in [-0.25, -0.2) is 9.97 Å². The Labute approximate surface area is 214 Å². The molecule has 2 aromatic carbocycles. The van der Waals surface area contributed by atoms with Crippen molar-refractivity contribution in [3.63, 3.8) is 0 Å². The number of carbonyl (C=O) groups is 2. The maximum atomic E-state index is 13.7. The lowest BCUT2D eigenvalue weighted by Crippen LogP contribution is -2.31. The number of Topliss-reactive ketones (excluding diaryl/α,β-unsaturated/α-hetero) is 1. The fraction of sp³-hybridized carbons (Fsp3) is 0.200. The zero-order chi connectivity index (χ0) is 25.2. The summed E-state index contributed by atoms with van der Waals surface area (Å²) in [5, 5.41) is 22.9. The van der Waals surface area contributed by atoms with Crippen LogP contribution in [0.3, 0.4) is 0 Å². The number of rotatable bonds is 4. The average Bonchev–Trinajstić information content (AvgIpc) is 3.44. The summed E-state index contributed by atoms with van der Waals surface area (Å²) in [4.78, 5) is 37.8. The second kappa shape index (κ2) is 8.44. The summed E-state index contributed by atoms with van der Waals surface area (Å²) in [5.41, 5.74) is 2.90. The molecule has 0 fully saturated rings. The SMILES string of the molecule is Cc1nc(C)c(C(=O)C2=C(O)C(=O)N(c3nc4ccc(Cl)cc4s3)C2c2cc(C)c(O)c(C)c2)s1. The number of phenolic OH excluding ortho intramolecular Hbond substituents is 1. The van der Waals surface area contributed by atoms with Crippen molar-refractivity contribution in [2.45, 2.75) is 33.7 Å². The number of benzene rings is 2. The van der Waals surface area contributed by atoms with E-state index in [0.717, 1.165) is 4.70 Å². The predicted molar refractivity (Wildman–Crippen MR) is 138 cm³/mol. The molecule has 0 bridgehead atoms. The summed E-state index contributed by atoms with van der Waals surface area (Å²) in [6.45, 7) is 7.01. The summed E-state index contributed by atoms with van der Waals surface area (Å²) in [6.07, 6.45) is 0. The Morgan fingerprint density at radius 1 is 1.03 bits per heavy atom. The summed E-state index contributed by atoms with van der Waals surface area (Å²) < 4.78 is 0.769. The van der Waals surface area contributed by atoms with Gasteiger partial charge in [-0.15, -0.1) is 11.3 Å². The third-order valence-corrected chi connectivity index (χ3v) is 8.26. The summed E-state index contributed by atoms with van der Waals surface area (Å²) >= 11 is 8.60. The number of amides is 1. The van der Waals surface area contributed by atoms with Crippen LogP contribution in [-0.4, -0.2) is 31.9 Å². The fourth-order valence-electron chi connectivity index (χ4n) is 4.35. The predicted octanol–water partition coefficient (Wildman–Crippen LogP) is 6.13. The van der Waals surface area contributed by atoms with Crippen LogP contribution in [0, 0.1) is 27.7 Å². The third-order valence-electron chi connectivity index (χ3n) is 5.94. The zero-order valence-electron chi connectivity index (χ0n) is 19.2. The first-order chi connectivity index (χ1) is 16.6. The number of phenols is 1. The highest BCUT2D eigenvalue weighted by molar-refractivity contribution is 7.22. The van der Waals surface area contributed by atoms with Gasteiger partial charge in [-0.3, -0.25) is 14.5 Å². The van der Waals surface area contributed by atoms with E-state index in [-0.39, 0.29) is 11.3 Å². The molecule has 0 saturated carbocycles. The number of halogens is 1. The summed E-state index contributed by atoms with van der Waals surface area (Å²) in [7, 11) is 0. The third kappa shape index (κ3) is 3.80. The normalized spacial score (nSPS) is 16.1. The van der Waals surface area contributed by atoms with Crippen LogP contribution in [-0.2, 0) is 4.79 Å². The van der Waals surface area contributed by atoms with Crippen LogP contribution in [0.5, 0.6) is 5.75 Å². The Morgan fingerprint density at radius 3 is 2.34 bits per heavy atom. The van der Waals surface area contributed by atoms with Crippen molar-refractivity contribution < 1.29 is 19.8 Å². The van der Waals surface area contributed by atoms with Gasteiger partial charge >= 0.3 is 0 Å². The van der Waals surface area contributed by atoms with Gasteiger partial charge in [-0.05, 0) is 74.7 Å². The Balaban J connectivity index is 1.73. The smallest absolute Gasteiger partial charge is 0.296 e. The molecular formula is C25H20ClN3O4S2. The van der Waals surface area contributed by atoms with E-state index in [1.54, 1.807) is 58.0 Å². The zero-order valence-corrected chi connectivity index (χ0v) is 21.6. The summed E-state index contributed by atoms with van der Waals surface area (Å²) in [6, 6.07) is 7.72. The van der Waals surface area contributed by atoms with Gasteiger partial charge in [0.1, 0.15) is 5.75 Å². The molecule has 178 valence electrons. The number of carbonyl (C=O) groups excluding carboxylic acids is 2. The van der Waals surface area contributed by atoms with Crippen LogP contribution in [0.4, 0.5) is 5.13 Å². The van der Waals surface area contributed by atoms with Crippen molar-refractivity contribution in [3.8, 4) is 5.75 Å². The number of ketones is 1. The molecule has 35 heavy (non-hydrogen) atoms. The Bertz CT molecular complexity index is 1560. The molecule has 2 N–H and O–H groups in total. The number of fused-ring (bicyclic) bond motifs is 1. The molecule has 1 unspecified atom stereocenters. The lowest BCUT2D eigenvalue weighted by molar-refractivity contribution is -0.117. The van der Waals surface area contributed by atoms with Gasteiger partial charge < -0.3 is 10.2 Å². The summed E-state index contributed by atoms with van der Waals surface area (Å²) in [5.74, 6) is -1.66. The Morgan fingerprint density at radius 2 is 1.71 bits per heavy atom. The molecule has 1 amide bonds. The minimum absolute atomic E-state index is 0.0384. The van der Waals surface area contributed by atoms with E-state index >= 15 is 0 Å². The van der Waals surface area contributed by atoms with Crippen molar-refractivity contribution >= 4 is 61.3 Å². The highest BCUT2D eigenvalue weighted by Crippen LogP contribution is 2.46. The molecule has 5 rings (SSSR count). The molecule has 1 atom stereocenters. The van der Waals surface area contributed by atoms with Gasteiger partial charge in [0.05, 0.1) is 37.4 Å². The molecule has 1 aliphatic heterocycles. The first-order valence-corrected chi connectivity index (χ1v) is 12.7. The van der Waals surface area contributed by atoms with Gasteiger partial charge in [0.2, 0.25) is 5.78 Å². The molecule has 0 spiro atoms. The van der Waals surface area contributed by atoms with Crippen LogP contribution < -0.4 is 4.90 Å². The van der Waals surface area contributed by atoms with Gasteiger partial charge in [-0.2, -0.15) is 0 Å².